The molecule has 0 aliphatic carbocycles. The molecule has 0 amide bonds. The van der Waals surface area contributed by atoms with Crippen molar-refractivity contribution in [3.63, 3.8) is 0 Å². The number of ether oxygens (including phenoxy) is 3. The van der Waals surface area contributed by atoms with E-state index in [1.54, 1.807) is 6.92 Å². The average Bonchev–Trinajstić information content (AvgIpc) is 2.80. The summed E-state index contributed by atoms with van der Waals surface area (Å²) < 4.78 is 17.0. The molecule has 1 aliphatic rings. The highest BCUT2D eigenvalue weighted by atomic mass is 16.7. The van der Waals surface area contributed by atoms with Crippen LogP contribution in [0.2, 0.25) is 0 Å². The first-order valence-corrected chi connectivity index (χ1v) is 13.5. The number of unbranched alkanes of at least 4 members (excludes halogenated alkanes) is 8. The number of aliphatic hydroxyl groups is 3. The summed E-state index contributed by atoms with van der Waals surface area (Å²) in [6, 6.07) is 0. The monoisotopic (exact) mass is 504 g/mol. The number of esters is 1. The third-order valence-corrected chi connectivity index (χ3v) is 6.49. The van der Waals surface area contributed by atoms with Gasteiger partial charge in [0.2, 0.25) is 0 Å². The smallest absolute Gasteiger partial charge is 0.308 e. The molecule has 0 spiro atoms. The zero-order valence-corrected chi connectivity index (χ0v) is 21.8. The molecule has 4 N–H and O–H groups in total. The number of carboxylic acid groups (broad SMARTS) is 1. The summed E-state index contributed by atoms with van der Waals surface area (Å²) >= 11 is 0. The lowest BCUT2D eigenvalue weighted by Crippen LogP contribution is -2.58. The van der Waals surface area contributed by atoms with E-state index >= 15 is 0 Å². The largest absolute Gasteiger partial charge is 0.481 e. The molecule has 1 saturated heterocycles. The van der Waals surface area contributed by atoms with Crippen LogP contribution in [0.1, 0.15) is 111 Å². The van der Waals surface area contributed by atoms with Gasteiger partial charge in [0.05, 0.1) is 25.0 Å². The van der Waals surface area contributed by atoms with E-state index in [-0.39, 0.29) is 12.8 Å². The van der Waals surface area contributed by atoms with Gasteiger partial charge in [-0.3, -0.25) is 9.59 Å². The zero-order valence-electron chi connectivity index (χ0n) is 21.8. The Hall–Kier alpha value is -1.26. The van der Waals surface area contributed by atoms with Crippen molar-refractivity contribution in [2.75, 3.05) is 0 Å². The standard InChI is InChI=1S/C26H48O9/c1-4-6-8-10-12-14-19(16-21(27)28)34-22(29)17-20(15-13-11-9-7-5-2)35-26-25(32)24(31)23(30)18(3)33-26/h18-20,23-26,30-32H,4-17H2,1-3H3,(H,27,28)/t18?,19-,20+,23+,24+,25?,26+/m1/s1. The lowest BCUT2D eigenvalue weighted by atomic mass is 9.99. The molecule has 35 heavy (non-hydrogen) atoms. The van der Waals surface area contributed by atoms with Crippen LogP contribution in [0.15, 0.2) is 0 Å². The molecule has 9 nitrogen and oxygen atoms in total. The first kappa shape index (κ1) is 31.8. The summed E-state index contributed by atoms with van der Waals surface area (Å²) in [4.78, 5) is 24.0. The molecular weight excluding hydrogens is 456 g/mol. The first-order valence-electron chi connectivity index (χ1n) is 13.5. The fraction of sp³-hybridized carbons (Fsp3) is 0.923. The fourth-order valence-electron chi connectivity index (χ4n) is 4.30. The van der Waals surface area contributed by atoms with Gasteiger partial charge in [0.1, 0.15) is 24.4 Å². The van der Waals surface area contributed by atoms with Gasteiger partial charge in [-0.15, -0.1) is 0 Å². The number of carbonyl (C=O) groups excluding carboxylic acids is 1. The average molecular weight is 505 g/mol. The maximum Gasteiger partial charge on any atom is 0.308 e. The quantitative estimate of drug-likeness (QED) is 0.153. The second-order valence-corrected chi connectivity index (χ2v) is 9.76. The van der Waals surface area contributed by atoms with E-state index in [1.165, 1.54) is 0 Å². The lowest BCUT2D eigenvalue weighted by Gasteiger charge is -2.40. The molecule has 1 aliphatic heterocycles. The van der Waals surface area contributed by atoms with E-state index in [9.17, 15) is 30.0 Å². The van der Waals surface area contributed by atoms with Gasteiger partial charge in [0, 0.05) is 0 Å². The molecule has 0 radical (unpaired) electrons. The van der Waals surface area contributed by atoms with Crippen LogP contribution in [-0.4, -0.2) is 75.3 Å². The van der Waals surface area contributed by atoms with Crippen molar-refractivity contribution in [2.45, 2.75) is 154 Å². The summed E-state index contributed by atoms with van der Waals surface area (Å²) in [5.41, 5.74) is 0. The van der Waals surface area contributed by atoms with Crippen LogP contribution in [0.25, 0.3) is 0 Å². The van der Waals surface area contributed by atoms with Crippen molar-refractivity contribution in [1.82, 2.24) is 0 Å². The minimum atomic E-state index is -1.46. The highest BCUT2D eigenvalue weighted by Crippen LogP contribution is 2.25. The summed E-state index contributed by atoms with van der Waals surface area (Å²) in [6.45, 7) is 5.82. The molecule has 0 aromatic rings. The maximum atomic E-state index is 12.7. The summed E-state index contributed by atoms with van der Waals surface area (Å²) in [5, 5.41) is 39.5. The predicted octanol–water partition coefficient (Wildman–Crippen LogP) is 3.70. The molecule has 2 unspecified atom stereocenters. The fourth-order valence-corrected chi connectivity index (χ4v) is 4.30. The Labute approximate surface area is 210 Å². The van der Waals surface area contributed by atoms with Gasteiger partial charge in [0.25, 0.3) is 0 Å². The van der Waals surface area contributed by atoms with Crippen molar-refractivity contribution < 1.29 is 44.2 Å². The Morgan fingerprint density at radius 2 is 1.31 bits per heavy atom. The Kier molecular flexibility index (Phi) is 16.4. The number of hydrogen-bond acceptors (Lipinski definition) is 8. The summed E-state index contributed by atoms with van der Waals surface area (Å²) in [7, 11) is 0. The van der Waals surface area contributed by atoms with Crippen molar-refractivity contribution in [3.05, 3.63) is 0 Å². The number of rotatable bonds is 19. The molecule has 7 atom stereocenters. The molecule has 1 heterocycles. The van der Waals surface area contributed by atoms with E-state index in [0.29, 0.717) is 12.8 Å². The van der Waals surface area contributed by atoms with Gasteiger partial charge in [-0.25, -0.2) is 0 Å². The van der Waals surface area contributed by atoms with Crippen LogP contribution >= 0.6 is 0 Å². The zero-order chi connectivity index (χ0) is 26.2. The van der Waals surface area contributed by atoms with Gasteiger partial charge in [0.15, 0.2) is 6.29 Å². The van der Waals surface area contributed by atoms with Crippen molar-refractivity contribution in [2.24, 2.45) is 0 Å². The van der Waals surface area contributed by atoms with Gasteiger partial charge >= 0.3 is 11.9 Å². The Morgan fingerprint density at radius 1 is 0.771 bits per heavy atom. The van der Waals surface area contributed by atoms with E-state index in [4.69, 9.17) is 14.2 Å². The minimum absolute atomic E-state index is 0.112. The molecule has 0 aromatic carbocycles. The molecule has 0 bridgehead atoms. The molecule has 1 rings (SSSR count). The maximum absolute atomic E-state index is 12.7. The Bertz CT molecular complexity index is 585. The lowest BCUT2D eigenvalue weighted by molar-refractivity contribution is -0.304. The van der Waals surface area contributed by atoms with Gasteiger partial charge in [-0.1, -0.05) is 71.6 Å². The SMILES string of the molecule is CCCCCCC[C@H](CC(=O)O)OC(=O)C[C@H](CCCCCCC)O[C@@H]1OC(C)[C@H](O)[C@H](O)C1O. The van der Waals surface area contributed by atoms with E-state index in [0.717, 1.165) is 64.2 Å². The number of aliphatic carboxylic acids is 1. The molecule has 1 fully saturated rings. The topological polar surface area (TPSA) is 143 Å². The molecule has 9 heteroatoms. The van der Waals surface area contributed by atoms with Gasteiger partial charge < -0.3 is 34.6 Å². The highest BCUT2D eigenvalue weighted by Gasteiger charge is 2.43. The molecule has 0 saturated carbocycles. The Balaban J connectivity index is 2.72. The second-order valence-electron chi connectivity index (χ2n) is 9.76. The van der Waals surface area contributed by atoms with Gasteiger partial charge in [-0.05, 0) is 26.2 Å². The van der Waals surface area contributed by atoms with Crippen molar-refractivity contribution in [1.29, 1.82) is 0 Å². The summed E-state index contributed by atoms with van der Waals surface area (Å²) in [6.07, 6.45) is 3.42. The molecule has 0 aromatic heterocycles. The van der Waals surface area contributed by atoms with Gasteiger partial charge in [-0.2, -0.15) is 0 Å². The minimum Gasteiger partial charge on any atom is -0.481 e. The second kappa shape index (κ2) is 18.1. The van der Waals surface area contributed by atoms with Crippen LogP contribution in [0.3, 0.4) is 0 Å². The Morgan fingerprint density at radius 3 is 1.86 bits per heavy atom. The van der Waals surface area contributed by atoms with Crippen LogP contribution < -0.4 is 0 Å². The molecule has 206 valence electrons. The van der Waals surface area contributed by atoms with Crippen LogP contribution in [0, 0.1) is 0 Å². The number of carboxylic acids is 1. The van der Waals surface area contributed by atoms with Crippen molar-refractivity contribution in [3.8, 4) is 0 Å². The first-order chi connectivity index (χ1) is 16.7. The third kappa shape index (κ3) is 13.0. The van der Waals surface area contributed by atoms with E-state index in [2.05, 4.69) is 13.8 Å². The molecular formula is C26H48O9. The summed E-state index contributed by atoms with van der Waals surface area (Å²) in [5.74, 6) is -1.57. The van der Waals surface area contributed by atoms with E-state index in [1.807, 2.05) is 0 Å². The number of carbonyl (C=O) groups is 2. The van der Waals surface area contributed by atoms with Crippen LogP contribution in [-0.2, 0) is 23.8 Å². The number of hydrogen-bond donors (Lipinski definition) is 4. The third-order valence-electron chi connectivity index (χ3n) is 6.49. The van der Waals surface area contributed by atoms with E-state index < -0.39 is 54.9 Å². The number of aliphatic hydroxyl groups excluding tert-OH is 3. The normalized spacial score (nSPS) is 26.3. The highest BCUT2D eigenvalue weighted by molar-refractivity contribution is 5.72. The predicted molar refractivity (Wildman–Crippen MR) is 131 cm³/mol. The van der Waals surface area contributed by atoms with Crippen LogP contribution in [0.4, 0.5) is 0 Å². The van der Waals surface area contributed by atoms with Crippen LogP contribution in [0.5, 0.6) is 0 Å². The van der Waals surface area contributed by atoms with Crippen molar-refractivity contribution >= 4 is 11.9 Å².